The van der Waals surface area contributed by atoms with Crippen molar-refractivity contribution in [1.29, 1.82) is 5.26 Å². The lowest BCUT2D eigenvalue weighted by atomic mass is 10.2. The predicted molar refractivity (Wildman–Crippen MR) is 89.9 cm³/mol. The maximum atomic E-state index is 8.92. The molecule has 6 heteroatoms. The van der Waals surface area contributed by atoms with Crippen LogP contribution in [0.2, 0.25) is 10.0 Å². The van der Waals surface area contributed by atoms with Crippen molar-refractivity contribution in [1.82, 2.24) is 0 Å². The molecule has 4 nitrogen and oxygen atoms in total. The number of methoxy groups -OCH3 is 1. The minimum atomic E-state index is 0.281. The molecule has 0 aliphatic carbocycles. The number of aryl methyl sites for hydroxylation is 1. The molecule has 2 aromatic carbocycles. The second-order valence-electron chi connectivity index (χ2n) is 4.71. The number of nitriles is 1. The van der Waals surface area contributed by atoms with Crippen LogP contribution in [0.4, 0.5) is 0 Å². The van der Waals surface area contributed by atoms with Crippen LogP contribution in [0.1, 0.15) is 11.1 Å². The summed E-state index contributed by atoms with van der Waals surface area (Å²) in [6.45, 7) is 2.53. The molecule has 0 aliphatic rings. The van der Waals surface area contributed by atoms with Gasteiger partial charge in [-0.3, -0.25) is 0 Å². The van der Waals surface area contributed by atoms with E-state index in [1.807, 2.05) is 19.1 Å². The zero-order valence-corrected chi connectivity index (χ0v) is 14.2. The van der Waals surface area contributed by atoms with Crippen molar-refractivity contribution in [2.75, 3.05) is 20.3 Å². The van der Waals surface area contributed by atoms with Crippen molar-refractivity contribution in [2.45, 2.75) is 6.92 Å². The molecule has 2 aromatic rings. The van der Waals surface area contributed by atoms with Crippen molar-refractivity contribution < 1.29 is 14.2 Å². The first-order chi connectivity index (χ1) is 11.0. The summed E-state index contributed by atoms with van der Waals surface area (Å²) in [5.74, 6) is 1.52. The van der Waals surface area contributed by atoms with E-state index in [1.165, 1.54) is 13.2 Å². The Kier molecular flexibility index (Phi) is 5.97. The summed E-state index contributed by atoms with van der Waals surface area (Å²) in [5.41, 5.74) is 1.36. The van der Waals surface area contributed by atoms with Gasteiger partial charge in [0, 0.05) is 11.1 Å². The Hall–Kier alpha value is -2.09. The van der Waals surface area contributed by atoms with Gasteiger partial charge in [-0.25, -0.2) is 0 Å². The monoisotopic (exact) mass is 351 g/mol. The van der Waals surface area contributed by atoms with Gasteiger partial charge in [0.05, 0.1) is 23.8 Å². The molecule has 0 atom stereocenters. The Morgan fingerprint density at radius 1 is 1.04 bits per heavy atom. The van der Waals surface area contributed by atoms with Crippen molar-refractivity contribution in [2.24, 2.45) is 0 Å². The molecule has 0 saturated carbocycles. The SMILES string of the molecule is COc1cc(C#N)cc(Cl)c1OCCOc1ccc(Cl)c(C)c1. The number of hydrogen-bond donors (Lipinski definition) is 0. The van der Waals surface area contributed by atoms with Gasteiger partial charge >= 0.3 is 0 Å². The standard InChI is InChI=1S/C17H15Cl2NO3/c1-11-7-13(3-4-14(11)18)22-5-6-23-17-15(19)8-12(10-20)9-16(17)21-2/h3-4,7-9H,5-6H2,1-2H3. The highest BCUT2D eigenvalue weighted by atomic mass is 35.5. The van der Waals surface area contributed by atoms with E-state index >= 15 is 0 Å². The van der Waals surface area contributed by atoms with Gasteiger partial charge in [-0.1, -0.05) is 23.2 Å². The summed E-state index contributed by atoms with van der Waals surface area (Å²) in [7, 11) is 1.49. The Labute approximate surface area is 145 Å². The van der Waals surface area contributed by atoms with E-state index < -0.39 is 0 Å². The van der Waals surface area contributed by atoms with Crippen LogP contribution in [-0.4, -0.2) is 20.3 Å². The third-order valence-corrected chi connectivity index (χ3v) is 3.79. The molecule has 0 amide bonds. The second kappa shape index (κ2) is 7.96. The Bertz CT molecular complexity index is 741. The highest BCUT2D eigenvalue weighted by Gasteiger charge is 2.12. The number of rotatable bonds is 6. The minimum Gasteiger partial charge on any atom is -0.493 e. The van der Waals surface area contributed by atoms with Crippen LogP contribution in [0.3, 0.4) is 0 Å². The summed E-state index contributed by atoms with van der Waals surface area (Å²) in [6, 6.07) is 10.6. The van der Waals surface area contributed by atoms with Gasteiger partial charge in [-0.05, 0) is 36.8 Å². The lowest BCUT2D eigenvalue weighted by Crippen LogP contribution is -2.10. The van der Waals surface area contributed by atoms with Crippen LogP contribution in [0.5, 0.6) is 17.2 Å². The zero-order valence-electron chi connectivity index (χ0n) is 12.7. The average molecular weight is 352 g/mol. The van der Waals surface area contributed by atoms with E-state index in [-0.39, 0.29) is 6.61 Å². The van der Waals surface area contributed by atoms with Crippen molar-refractivity contribution >= 4 is 23.2 Å². The fourth-order valence-corrected chi connectivity index (χ4v) is 2.32. The molecule has 0 bridgehead atoms. The fourth-order valence-electron chi connectivity index (χ4n) is 1.93. The molecule has 0 N–H and O–H groups in total. The number of benzene rings is 2. The molecule has 23 heavy (non-hydrogen) atoms. The van der Waals surface area contributed by atoms with Crippen LogP contribution in [-0.2, 0) is 0 Å². The lowest BCUT2D eigenvalue weighted by molar-refractivity contribution is 0.211. The first-order valence-electron chi connectivity index (χ1n) is 6.84. The van der Waals surface area contributed by atoms with Crippen molar-refractivity contribution in [3.63, 3.8) is 0 Å². The third-order valence-electron chi connectivity index (χ3n) is 3.09. The predicted octanol–water partition coefficient (Wildman–Crippen LogP) is 4.64. The number of hydrogen-bond acceptors (Lipinski definition) is 4. The minimum absolute atomic E-state index is 0.281. The highest BCUT2D eigenvalue weighted by Crippen LogP contribution is 2.36. The molecule has 2 rings (SSSR count). The summed E-state index contributed by atoms with van der Waals surface area (Å²) in [4.78, 5) is 0. The molecule has 120 valence electrons. The van der Waals surface area contributed by atoms with Gasteiger partial charge in [0.2, 0.25) is 0 Å². The number of halogens is 2. The Morgan fingerprint density at radius 3 is 2.43 bits per heavy atom. The molecule has 0 spiro atoms. The number of nitrogens with zero attached hydrogens (tertiary/aromatic N) is 1. The van der Waals surface area contributed by atoms with Crippen LogP contribution >= 0.6 is 23.2 Å². The first kappa shape index (κ1) is 17.3. The quantitative estimate of drug-likeness (QED) is 0.711. The first-order valence-corrected chi connectivity index (χ1v) is 7.60. The van der Waals surface area contributed by atoms with E-state index in [9.17, 15) is 0 Å². The van der Waals surface area contributed by atoms with Crippen LogP contribution in [0.25, 0.3) is 0 Å². The average Bonchev–Trinajstić information content (AvgIpc) is 2.55. The maximum Gasteiger partial charge on any atom is 0.179 e. The maximum absolute atomic E-state index is 8.92. The van der Waals surface area contributed by atoms with E-state index in [4.69, 9.17) is 42.7 Å². The van der Waals surface area contributed by atoms with Gasteiger partial charge in [-0.15, -0.1) is 0 Å². The molecule has 0 aromatic heterocycles. The van der Waals surface area contributed by atoms with Crippen LogP contribution in [0.15, 0.2) is 30.3 Å². The van der Waals surface area contributed by atoms with E-state index in [2.05, 4.69) is 0 Å². The molecule has 0 heterocycles. The molecule has 0 fully saturated rings. The summed E-state index contributed by atoms with van der Waals surface area (Å²) in [5, 5.41) is 9.94. The van der Waals surface area contributed by atoms with Crippen molar-refractivity contribution in [3.05, 3.63) is 51.5 Å². The van der Waals surface area contributed by atoms with Crippen LogP contribution in [0, 0.1) is 18.3 Å². The molecular formula is C17H15Cl2NO3. The van der Waals surface area contributed by atoms with Gasteiger partial charge in [-0.2, -0.15) is 5.26 Å². The van der Waals surface area contributed by atoms with E-state index in [1.54, 1.807) is 18.2 Å². The van der Waals surface area contributed by atoms with Gasteiger partial charge < -0.3 is 14.2 Å². The third kappa shape index (κ3) is 4.44. The molecule has 0 saturated heterocycles. The highest BCUT2D eigenvalue weighted by molar-refractivity contribution is 6.32. The normalized spacial score (nSPS) is 10.0. The fraction of sp³-hybridized carbons (Fsp3) is 0.235. The zero-order chi connectivity index (χ0) is 16.8. The summed E-state index contributed by atoms with van der Waals surface area (Å²) < 4.78 is 16.4. The molecule has 0 radical (unpaired) electrons. The summed E-state index contributed by atoms with van der Waals surface area (Å²) >= 11 is 12.1. The molecule has 0 aliphatic heterocycles. The molecular weight excluding hydrogens is 337 g/mol. The molecule has 0 unspecified atom stereocenters. The van der Waals surface area contributed by atoms with Gasteiger partial charge in [0.15, 0.2) is 11.5 Å². The topological polar surface area (TPSA) is 51.5 Å². The number of ether oxygens (including phenoxy) is 3. The van der Waals surface area contributed by atoms with Crippen LogP contribution < -0.4 is 14.2 Å². The largest absolute Gasteiger partial charge is 0.493 e. The lowest BCUT2D eigenvalue weighted by Gasteiger charge is -2.13. The van der Waals surface area contributed by atoms with E-state index in [0.717, 1.165) is 5.56 Å². The van der Waals surface area contributed by atoms with Gasteiger partial charge in [0.25, 0.3) is 0 Å². The second-order valence-corrected chi connectivity index (χ2v) is 5.52. The summed E-state index contributed by atoms with van der Waals surface area (Å²) in [6.07, 6.45) is 0. The Balaban J connectivity index is 1.96. The van der Waals surface area contributed by atoms with Crippen molar-refractivity contribution in [3.8, 4) is 23.3 Å². The van der Waals surface area contributed by atoms with E-state index in [0.29, 0.717) is 39.5 Å². The van der Waals surface area contributed by atoms with Gasteiger partial charge in [0.1, 0.15) is 19.0 Å². The Morgan fingerprint density at radius 2 is 1.78 bits per heavy atom. The smallest absolute Gasteiger partial charge is 0.179 e.